The molecule has 0 bridgehead atoms. The van der Waals surface area contributed by atoms with Crippen LogP contribution >= 0.6 is 11.8 Å². The summed E-state index contributed by atoms with van der Waals surface area (Å²) < 4.78 is 0. The summed E-state index contributed by atoms with van der Waals surface area (Å²) in [6.07, 6.45) is 0. The van der Waals surface area contributed by atoms with Crippen molar-refractivity contribution >= 4 is 23.3 Å². The minimum Gasteiger partial charge on any atom is -0.396 e. The molecule has 1 aromatic heterocycles. The molecule has 1 aromatic rings. The first-order valence-corrected chi connectivity index (χ1v) is 6.76. The van der Waals surface area contributed by atoms with E-state index in [2.05, 4.69) is 23.7 Å². The van der Waals surface area contributed by atoms with Crippen molar-refractivity contribution in [3.63, 3.8) is 0 Å². The van der Waals surface area contributed by atoms with Crippen LogP contribution in [0.1, 0.15) is 19.5 Å². The maximum Gasteiger partial charge on any atom is 0.152 e. The number of rotatable bonds is 1. The molecule has 4 heteroatoms. The van der Waals surface area contributed by atoms with Crippen LogP contribution in [-0.2, 0) is 0 Å². The topological polar surface area (TPSA) is 42.1 Å². The summed E-state index contributed by atoms with van der Waals surface area (Å²) in [7, 11) is 0. The van der Waals surface area contributed by atoms with Gasteiger partial charge >= 0.3 is 0 Å². The molecule has 1 aliphatic heterocycles. The van der Waals surface area contributed by atoms with E-state index < -0.39 is 0 Å². The average Bonchev–Trinajstić information content (AvgIpc) is 2.26. The zero-order valence-corrected chi connectivity index (χ0v) is 10.9. The minimum atomic E-state index is 0.496. The summed E-state index contributed by atoms with van der Waals surface area (Å²) in [6.45, 7) is 7.57. The van der Waals surface area contributed by atoms with Gasteiger partial charge in [0.25, 0.3) is 0 Å². The van der Waals surface area contributed by atoms with Gasteiger partial charge in [0.15, 0.2) is 5.82 Å². The standard InChI is InChI=1S/C12H19N3S/c1-8-4-5-11(13)12(14-8)15-6-7-16-10(3)9(15)2/h4-5,9-10H,6-7,13H2,1-3H3. The Hall–Kier alpha value is -0.900. The smallest absolute Gasteiger partial charge is 0.152 e. The van der Waals surface area contributed by atoms with Crippen LogP contribution in [0, 0.1) is 6.92 Å². The molecule has 3 nitrogen and oxygen atoms in total. The second-order valence-electron chi connectivity index (χ2n) is 4.38. The second kappa shape index (κ2) is 4.53. The van der Waals surface area contributed by atoms with E-state index >= 15 is 0 Å². The molecule has 0 amide bonds. The van der Waals surface area contributed by atoms with E-state index in [9.17, 15) is 0 Å². The molecular formula is C12H19N3S. The monoisotopic (exact) mass is 237 g/mol. The molecule has 2 heterocycles. The van der Waals surface area contributed by atoms with E-state index in [0.717, 1.165) is 29.5 Å². The fraction of sp³-hybridized carbons (Fsp3) is 0.583. The Morgan fingerprint density at radius 2 is 2.19 bits per heavy atom. The van der Waals surface area contributed by atoms with Gasteiger partial charge in [0.05, 0.1) is 5.69 Å². The highest BCUT2D eigenvalue weighted by Gasteiger charge is 2.27. The Morgan fingerprint density at radius 1 is 1.44 bits per heavy atom. The lowest BCUT2D eigenvalue weighted by molar-refractivity contribution is 0.620. The lowest BCUT2D eigenvalue weighted by atomic mass is 10.2. The van der Waals surface area contributed by atoms with E-state index in [1.165, 1.54) is 0 Å². The number of aromatic nitrogens is 1. The predicted octanol–water partition coefficient (Wildman–Crippen LogP) is 2.30. The highest BCUT2D eigenvalue weighted by Crippen LogP contribution is 2.30. The van der Waals surface area contributed by atoms with Crippen LogP contribution < -0.4 is 10.6 Å². The summed E-state index contributed by atoms with van der Waals surface area (Å²) in [4.78, 5) is 6.91. The van der Waals surface area contributed by atoms with Gasteiger partial charge in [0.1, 0.15) is 0 Å². The minimum absolute atomic E-state index is 0.496. The number of aryl methyl sites for hydroxylation is 1. The number of hydrogen-bond acceptors (Lipinski definition) is 4. The van der Waals surface area contributed by atoms with Crippen LogP contribution in [0.5, 0.6) is 0 Å². The number of thioether (sulfide) groups is 1. The van der Waals surface area contributed by atoms with E-state index in [-0.39, 0.29) is 0 Å². The van der Waals surface area contributed by atoms with Crippen LogP contribution in [0.25, 0.3) is 0 Å². The maximum atomic E-state index is 6.02. The number of nitrogens with two attached hydrogens (primary N) is 1. The van der Waals surface area contributed by atoms with Crippen LogP contribution in [0.3, 0.4) is 0 Å². The Labute approximate surface area is 101 Å². The van der Waals surface area contributed by atoms with Crippen molar-refractivity contribution in [1.82, 2.24) is 4.98 Å². The van der Waals surface area contributed by atoms with Gasteiger partial charge in [-0.2, -0.15) is 11.8 Å². The molecule has 0 spiro atoms. The van der Waals surface area contributed by atoms with E-state index in [4.69, 9.17) is 5.73 Å². The molecule has 0 radical (unpaired) electrons. The lowest BCUT2D eigenvalue weighted by Crippen LogP contribution is -2.45. The molecule has 2 atom stereocenters. The Morgan fingerprint density at radius 3 is 2.94 bits per heavy atom. The number of anilines is 2. The van der Waals surface area contributed by atoms with Gasteiger partial charge in [0.2, 0.25) is 0 Å². The van der Waals surface area contributed by atoms with Crippen molar-refractivity contribution < 1.29 is 0 Å². The number of nitrogen functional groups attached to an aromatic ring is 1. The molecule has 1 aliphatic rings. The molecule has 0 aromatic carbocycles. The van der Waals surface area contributed by atoms with Gasteiger partial charge in [0, 0.05) is 29.3 Å². The first kappa shape index (κ1) is 11.6. The van der Waals surface area contributed by atoms with Gasteiger partial charge < -0.3 is 10.6 Å². The third-order valence-electron chi connectivity index (χ3n) is 3.20. The van der Waals surface area contributed by atoms with Crippen molar-refractivity contribution in [2.24, 2.45) is 0 Å². The van der Waals surface area contributed by atoms with Crippen LogP contribution in [0.2, 0.25) is 0 Å². The SMILES string of the molecule is Cc1ccc(N)c(N2CCSC(C)C2C)n1. The van der Waals surface area contributed by atoms with Gasteiger partial charge in [-0.15, -0.1) is 0 Å². The van der Waals surface area contributed by atoms with E-state index in [1.54, 1.807) is 0 Å². The maximum absolute atomic E-state index is 6.02. The summed E-state index contributed by atoms with van der Waals surface area (Å²) in [6, 6.07) is 4.41. The molecule has 0 saturated carbocycles. The largest absolute Gasteiger partial charge is 0.396 e. The highest BCUT2D eigenvalue weighted by molar-refractivity contribution is 8.00. The number of hydrogen-bond donors (Lipinski definition) is 1. The van der Waals surface area contributed by atoms with Crippen molar-refractivity contribution in [3.8, 4) is 0 Å². The van der Waals surface area contributed by atoms with Gasteiger partial charge in [-0.1, -0.05) is 6.92 Å². The summed E-state index contributed by atoms with van der Waals surface area (Å²) in [5, 5.41) is 0.635. The third kappa shape index (κ3) is 2.12. The van der Waals surface area contributed by atoms with Crippen molar-refractivity contribution in [2.75, 3.05) is 22.9 Å². The zero-order valence-electron chi connectivity index (χ0n) is 10.1. The molecule has 2 unspecified atom stereocenters. The fourth-order valence-electron chi connectivity index (χ4n) is 2.02. The van der Waals surface area contributed by atoms with Gasteiger partial charge in [-0.25, -0.2) is 4.98 Å². The van der Waals surface area contributed by atoms with Crippen molar-refractivity contribution in [2.45, 2.75) is 32.1 Å². The molecule has 88 valence electrons. The molecule has 2 rings (SSSR count). The molecule has 0 aliphatic carbocycles. The summed E-state index contributed by atoms with van der Waals surface area (Å²) in [5.74, 6) is 2.11. The van der Waals surface area contributed by atoms with Gasteiger partial charge in [-0.3, -0.25) is 0 Å². The first-order chi connectivity index (χ1) is 7.59. The fourth-order valence-corrected chi connectivity index (χ4v) is 3.12. The zero-order chi connectivity index (χ0) is 11.7. The molecule has 1 saturated heterocycles. The summed E-state index contributed by atoms with van der Waals surface area (Å²) in [5.41, 5.74) is 7.84. The van der Waals surface area contributed by atoms with E-state index in [1.807, 2.05) is 30.8 Å². The normalized spacial score (nSPS) is 25.8. The number of nitrogens with zero attached hydrogens (tertiary/aromatic N) is 2. The van der Waals surface area contributed by atoms with Gasteiger partial charge in [-0.05, 0) is 26.0 Å². The predicted molar refractivity (Wildman–Crippen MR) is 72.1 cm³/mol. The van der Waals surface area contributed by atoms with Crippen molar-refractivity contribution in [3.05, 3.63) is 17.8 Å². The number of pyridine rings is 1. The van der Waals surface area contributed by atoms with Crippen LogP contribution in [-0.4, -0.2) is 28.6 Å². The summed E-state index contributed by atoms with van der Waals surface area (Å²) >= 11 is 2.02. The first-order valence-electron chi connectivity index (χ1n) is 5.71. The highest BCUT2D eigenvalue weighted by atomic mass is 32.2. The van der Waals surface area contributed by atoms with E-state index in [0.29, 0.717) is 11.3 Å². The Kier molecular flexibility index (Phi) is 3.28. The average molecular weight is 237 g/mol. The molecule has 2 N–H and O–H groups in total. The Bertz CT molecular complexity index is 381. The van der Waals surface area contributed by atoms with Crippen molar-refractivity contribution in [1.29, 1.82) is 0 Å². The lowest BCUT2D eigenvalue weighted by Gasteiger charge is -2.38. The molecular weight excluding hydrogens is 218 g/mol. The third-order valence-corrected chi connectivity index (χ3v) is 4.54. The molecule has 1 fully saturated rings. The van der Waals surface area contributed by atoms with Crippen LogP contribution in [0.15, 0.2) is 12.1 Å². The molecule has 16 heavy (non-hydrogen) atoms. The van der Waals surface area contributed by atoms with Crippen LogP contribution in [0.4, 0.5) is 11.5 Å². The second-order valence-corrected chi connectivity index (χ2v) is 5.86. The quantitative estimate of drug-likeness (QED) is 0.814. The Balaban J connectivity index is 2.31.